The molecule has 0 unspecified atom stereocenters. The van der Waals surface area contributed by atoms with Crippen LogP contribution in [0.5, 0.6) is 0 Å². The molecule has 4 rings (SSSR count). The molecule has 2 N–H and O–H groups in total. The van der Waals surface area contributed by atoms with Crippen molar-refractivity contribution in [3.05, 3.63) is 49.9 Å². The van der Waals surface area contributed by atoms with Crippen molar-refractivity contribution in [1.82, 2.24) is 25.1 Å². The lowest BCUT2D eigenvalue weighted by Gasteiger charge is -2.40. The Balaban J connectivity index is 1.32. The Labute approximate surface area is 155 Å². The smallest absolute Gasteiger partial charge is 0.328 e. The van der Waals surface area contributed by atoms with Crippen LogP contribution >= 0.6 is 0 Å². The zero-order valence-electron chi connectivity index (χ0n) is 15.2. The molecule has 2 aromatic heterocycles. The van der Waals surface area contributed by atoms with Crippen LogP contribution in [0.1, 0.15) is 34.5 Å². The van der Waals surface area contributed by atoms with Crippen LogP contribution in [0.3, 0.4) is 0 Å². The molecule has 2 aliphatic rings. The summed E-state index contributed by atoms with van der Waals surface area (Å²) < 4.78 is 0.884. The Morgan fingerprint density at radius 1 is 1.26 bits per heavy atom. The summed E-state index contributed by atoms with van der Waals surface area (Å²) in [6.07, 6.45) is 5.64. The third-order valence-corrected chi connectivity index (χ3v) is 5.31. The van der Waals surface area contributed by atoms with Crippen LogP contribution in [0, 0.1) is 5.92 Å². The van der Waals surface area contributed by atoms with Gasteiger partial charge in [0, 0.05) is 38.8 Å². The fraction of sp³-hybridized carbons (Fsp3) is 0.500. The monoisotopic (exact) mass is 370 g/mol. The number of H-pyrrole nitrogens is 1. The van der Waals surface area contributed by atoms with E-state index in [1.807, 2.05) is 0 Å². The van der Waals surface area contributed by atoms with Gasteiger partial charge in [-0.15, -0.1) is 5.10 Å². The molecule has 0 radical (unpaired) electrons. The van der Waals surface area contributed by atoms with E-state index in [0.29, 0.717) is 12.5 Å². The van der Waals surface area contributed by atoms with E-state index in [1.54, 1.807) is 0 Å². The number of hydrogen-bond acceptors (Lipinski definition) is 6. The van der Waals surface area contributed by atoms with E-state index < -0.39 is 17.2 Å². The predicted molar refractivity (Wildman–Crippen MR) is 99.0 cm³/mol. The maximum absolute atomic E-state index is 12.2. The van der Waals surface area contributed by atoms with Gasteiger partial charge in [-0.1, -0.05) is 0 Å². The molecule has 9 heteroatoms. The lowest BCUT2D eigenvalue weighted by molar-refractivity contribution is 0.0942. The number of anilines is 1. The van der Waals surface area contributed by atoms with Crippen molar-refractivity contribution >= 4 is 11.7 Å². The van der Waals surface area contributed by atoms with Crippen molar-refractivity contribution < 1.29 is 4.79 Å². The number of carbonyl (C=O) groups excluding carboxylic acids is 1. The van der Waals surface area contributed by atoms with Crippen LogP contribution in [0.2, 0.25) is 0 Å². The molecule has 0 atom stereocenters. The predicted octanol–water partition coefficient (Wildman–Crippen LogP) is -0.391. The summed E-state index contributed by atoms with van der Waals surface area (Å²) in [4.78, 5) is 40.1. The molecule has 2 aromatic rings. The van der Waals surface area contributed by atoms with E-state index in [1.165, 1.54) is 25.5 Å². The van der Waals surface area contributed by atoms with Gasteiger partial charge in [-0.25, -0.2) is 4.79 Å². The molecule has 0 saturated carbocycles. The molecule has 1 amide bonds. The molecule has 0 spiro atoms. The van der Waals surface area contributed by atoms with Gasteiger partial charge in [-0.05, 0) is 37.3 Å². The van der Waals surface area contributed by atoms with Crippen LogP contribution in [-0.2, 0) is 19.9 Å². The minimum atomic E-state index is -0.601. The van der Waals surface area contributed by atoms with Crippen LogP contribution in [0.15, 0.2) is 21.9 Å². The molecule has 1 aliphatic carbocycles. The molecule has 1 fully saturated rings. The normalized spacial score (nSPS) is 16.6. The SMILES string of the molecule is Cn1c(=O)[nH]cc(C(=O)NCC2CN(c3cc4c(nn3)CCCC4)C2)c1=O. The highest BCUT2D eigenvalue weighted by Gasteiger charge is 2.29. The lowest BCUT2D eigenvalue weighted by Crippen LogP contribution is -2.52. The highest BCUT2D eigenvalue weighted by molar-refractivity contribution is 5.93. The number of aryl methyl sites for hydroxylation is 2. The van der Waals surface area contributed by atoms with Gasteiger partial charge in [0.1, 0.15) is 5.56 Å². The first-order valence-corrected chi connectivity index (χ1v) is 9.20. The zero-order chi connectivity index (χ0) is 19.0. The number of aromatic amines is 1. The molecule has 0 aromatic carbocycles. The van der Waals surface area contributed by atoms with Crippen molar-refractivity contribution in [3.8, 4) is 0 Å². The number of carbonyl (C=O) groups is 1. The second kappa shape index (κ2) is 6.98. The average Bonchev–Trinajstić information content (AvgIpc) is 2.64. The molecular weight excluding hydrogens is 348 g/mol. The standard InChI is InChI=1S/C18H22N6O3/c1-23-17(26)13(8-20-18(23)27)16(25)19-7-11-9-24(10-11)15-6-12-4-2-3-5-14(12)21-22-15/h6,8,11H,2-5,7,9-10H2,1H3,(H,19,25)(H,20,27). The number of rotatable bonds is 4. The van der Waals surface area contributed by atoms with Crippen LogP contribution in [0.25, 0.3) is 0 Å². The largest absolute Gasteiger partial charge is 0.354 e. The molecule has 27 heavy (non-hydrogen) atoms. The fourth-order valence-electron chi connectivity index (χ4n) is 3.58. The van der Waals surface area contributed by atoms with Gasteiger partial charge >= 0.3 is 5.69 Å². The van der Waals surface area contributed by atoms with E-state index in [4.69, 9.17) is 0 Å². The quantitative estimate of drug-likeness (QED) is 0.758. The number of amides is 1. The molecule has 1 saturated heterocycles. The van der Waals surface area contributed by atoms with Crippen molar-refractivity contribution in [2.45, 2.75) is 25.7 Å². The summed E-state index contributed by atoms with van der Waals surface area (Å²) >= 11 is 0. The third-order valence-electron chi connectivity index (χ3n) is 5.31. The maximum Gasteiger partial charge on any atom is 0.328 e. The summed E-state index contributed by atoms with van der Waals surface area (Å²) in [5.74, 6) is 0.713. The first-order valence-electron chi connectivity index (χ1n) is 9.20. The number of hydrogen-bond donors (Lipinski definition) is 2. The fourth-order valence-corrected chi connectivity index (χ4v) is 3.58. The summed E-state index contributed by atoms with van der Waals surface area (Å²) in [5, 5.41) is 11.5. The van der Waals surface area contributed by atoms with Gasteiger partial charge in [0.25, 0.3) is 11.5 Å². The van der Waals surface area contributed by atoms with E-state index in [9.17, 15) is 14.4 Å². The second-order valence-electron chi connectivity index (χ2n) is 7.23. The summed E-state index contributed by atoms with van der Waals surface area (Å²) in [6.45, 7) is 2.05. The molecule has 1 aliphatic heterocycles. The minimum absolute atomic E-state index is 0.0613. The van der Waals surface area contributed by atoms with Crippen molar-refractivity contribution in [1.29, 1.82) is 0 Å². The molecular formula is C18H22N6O3. The minimum Gasteiger partial charge on any atom is -0.354 e. The molecule has 3 heterocycles. The van der Waals surface area contributed by atoms with Gasteiger partial charge in [-0.2, -0.15) is 5.10 Å². The first kappa shape index (κ1) is 17.4. The molecule has 0 bridgehead atoms. The van der Waals surface area contributed by atoms with E-state index >= 15 is 0 Å². The summed E-state index contributed by atoms with van der Waals surface area (Å²) in [7, 11) is 1.33. The van der Waals surface area contributed by atoms with Crippen LogP contribution in [-0.4, -0.2) is 45.3 Å². The van der Waals surface area contributed by atoms with E-state index in [0.717, 1.165) is 48.2 Å². The average molecular weight is 370 g/mol. The maximum atomic E-state index is 12.2. The topological polar surface area (TPSA) is 113 Å². The van der Waals surface area contributed by atoms with Gasteiger partial charge in [-0.3, -0.25) is 14.2 Å². The van der Waals surface area contributed by atoms with Crippen molar-refractivity contribution in [2.75, 3.05) is 24.5 Å². The van der Waals surface area contributed by atoms with Crippen molar-refractivity contribution in [3.63, 3.8) is 0 Å². The van der Waals surface area contributed by atoms with E-state index in [2.05, 4.69) is 31.5 Å². The Morgan fingerprint density at radius 3 is 2.85 bits per heavy atom. The molecule has 9 nitrogen and oxygen atoms in total. The highest BCUT2D eigenvalue weighted by Crippen LogP contribution is 2.26. The third kappa shape index (κ3) is 3.36. The Bertz CT molecular complexity index is 989. The van der Waals surface area contributed by atoms with Gasteiger partial charge < -0.3 is 15.2 Å². The Morgan fingerprint density at radius 2 is 2.04 bits per heavy atom. The van der Waals surface area contributed by atoms with Gasteiger partial charge in [0.2, 0.25) is 0 Å². The van der Waals surface area contributed by atoms with E-state index in [-0.39, 0.29) is 5.56 Å². The second-order valence-corrected chi connectivity index (χ2v) is 7.23. The number of aromatic nitrogens is 4. The number of nitrogens with zero attached hydrogens (tertiary/aromatic N) is 4. The summed E-state index contributed by atoms with van der Waals surface area (Å²) in [6, 6.07) is 2.14. The summed E-state index contributed by atoms with van der Waals surface area (Å²) in [5.41, 5.74) is 1.22. The number of nitrogens with one attached hydrogen (secondary N) is 2. The Kier molecular flexibility index (Phi) is 4.51. The lowest BCUT2D eigenvalue weighted by atomic mass is 9.95. The Hall–Kier alpha value is -2.97. The van der Waals surface area contributed by atoms with Crippen LogP contribution < -0.4 is 21.5 Å². The van der Waals surface area contributed by atoms with Crippen molar-refractivity contribution in [2.24, 2.45) is 13.0 Å². The van der Waals surface area contributed by atoms with Gasteiger partial charge in [0.15, 0.2) is 5.82 Å². The zero-order valence-corrected chi connectivity index (χ0v) is 15.2. The highest BCUT2D eigenvalue weighted by atomic mass is 16.2. The first-order chi connectivity index (χ1) is 13.0. The number of fused-ring (bicyclic) bond motifs is 1. The van der Waals surface area contributed by atoms with Gasteiger partial charge in [0.05, 0.1) is 5.69 Å². The van der Waals surface area contributed by atoms with Crippen LogP contribution in [0.4, 0.5) is 5.82 Å². The molecule has 142 valence electrons.